The molecule has 2 aromatic rings. The van der Waals surface area contributed by atoms with Gasteiger partial charge in [0.25, 0.3) is 0 Å². The Labute approximate surface area is 114 Å². The van der Waals surface area contributed by atoms with Gasteiger partial charge >= 0.3 is 5.69 Å². The molecule has 0 amide bonds. The van der Waals surface area contributed by atoms with E-state index in [0.717, 1.165) is 12.1 Å². The first kappa shape index (κ1) is 13.9. The molecule has 20 heavy (non-hydrogen) atoms. The quantitative estimate of drug-likeness (QED) is 0.685. The third kappa shape index (κ3) is 3.07. The summed E-state index contributed by atoms with van der Waals surface area (Å²) >= 11 is 0. The van der Waals surface area contributed by atoms with E-state index < -0.39 is 16.4 Å². The first-order valence-corrected chi connectivity index (χ1v) is 5.80. The van der Waals surface area contributed by atoms with Gasteiger partial charge in [-0.05, 0) is 25.1 Å². The maximum atomic E-state index is 13.4. The standard InChI is InChI=1S/C13H12FN3O3/c1-8(15)12-4-2-10(7-16-12)20-9-3-5-13(17(18)19)11(14)6-9/h2-8H,15H2,1H3/t8-/m0/s1. The normalized spacial score (nSPS) is 11.9. The van der Waals surface area contributed by atoms with Gasteiger partial charge in [0, 0.05) is 18.2 Å². The van der Waals surface area contributed by atoms with E-state index in [2.05, 4.69) is 4.98 Å². The Kier molecular flexibility index (Phi) is 3.90. The number of nitro groups is 1. The summed E-state index contributed by atoms with van der Waals surface area (Å²) in [4.78, 5) is 13.8. The first-order valence-electron chi connectivity index (χ1n) is 5.80. The van der Waals surface area contributed by atoms with Gasteiger partial charge in [0.05, 0.1) is 16.8 Å². The van der Waals surface area contributed by atoms with Crippen LogP contribution in [0.5, 0.6) is 11.5 Å². The van der Waals surface area contributed by atoms with Crippen LogP contribution in [0.25, 0.3) is 0 Å². The average Bonchev–Trinajstić information content (AvgIpc) is 2.39. The summed E-state index contributed by atoms with van der Waals surface area (Å²) in [5.41, 5.74) is 5.77. The molecular weight excluding hydrogens is 265 g/mol. The Morgan fingerprint density at radius 3 is 2.55 bits per heavy atom. The first-order chi connectivity index (χ1) is 9.47. The lowest BCUT2D eigenvalue weighted by atomic mass is 10.2. The Balaban J connectivity index is 2.17. The number of hydrogen-bond donors (Lipinski definition) is 1. The smallest absolute Gasteiger partial charge is 0.305 e. The summed E-state index contributed by atoms with van der Waals surface area (Å²) in [7, 11) is 0. The number of hydrogen-bond acceptors (Lipinski definition) is 5. The zero-order valence-corrected chi connectivity index (χ0v) is 10.6. The van der Waals surface area contributed by atoms with E-state index in [-0.39, 0.29) is 11.8 Å². The number of rotatable bonds is 4. The summed E-state index contributed by atoms with van der Waals surface area (Å²) in [5.74, 6) is -0.404. The van der Waals surface area contributed by atoms with Crippen LogP contribution in [0.1, 0.15) is 18.7 Å². The molecular formula is C13H12FN3O3. The molecule has 1 atom stereocenters. The van der Waals surface area contributed by atoms with Crippen LogP contribution in [-0.2, 0) is 0 Å². The van der Waals surface area contributed by atoms with Crippen LogP contribution in [0, 0.1) is 15.9 Å². The van der Waals surface area contributed by atoms with E-state index in [0.29, 0.717) is 11.4 Å². The molecule has 0 aliphatic heterocycles. The zero-order valence-electron chi connectivity index (χ0n) is 10.6. The van der Waals surface area contributed by atoms with Gasteiger partial charge in [-0.2, -0.15) is 4.39 Å². The van der Waals surface area contributed by atoms with E-state index >= 15 is 0 Å². The summed E-state index contributed by atoms with van der Waals surface area (Å²) in [5, 5.41) is 10.5. The fraction of sp³-hybridized carbons (Fsp3) is 0.154. The number of benzene rings is 1. The zero-order chi connectivity index (χ0) is 14.7. The molecule has 0 fully saturated rings. The molecule has 2 N–H and O–H groups in total. The van der Waals surface area contributed by atoms with Gasteiger partial charge in [-0.15, -0.1) is 0 Å². The lowest BCUT2D eigenvalue weighted by Gasteiger charge is -2.08. The molecule has 104 valence electrons. The van der Waals surface area contributed by atoms with Crippen molar-refractivity contribution in [3.8, 4) is 11.5 Å². The molecule has 0 saturated heterocycles. The number of nitro benzene ring substituents is 1. The molecule has 2 rings (SSSR count). The van der Waals surface area contributed by atoms with Gasteiger partial charge in [0.1, 0.15) is 11.5 Å². The fourth-order valence-electron chi connectivity index (χ4n) is 1.56. The van der Waals surface area contributed by atoms with Crippen LogP contribution in [0.15, 0.2) is 36.5 Å². The third-order valence-corrected chi connectivity index (χ3v) is 2.58. The molecule has 6 nitrogen and oxygen atoms in total. The van der Waals surface area contributed by atoms with Gasteiger partial charge in [-0.25, -0.2) is 0 Å². The highest BCUT2D eigenvalue weighted by Gasteiger charge is 2.14. The number of aromatic nitrogens is 1. The second-order valence-corrected chi connectivity index (χ2v) is 4.18. The van der Waals surface area contributed by atoms with Crippen LogP contribution in [0.2, 0.25) is 0 Å². The molecule has 0 bridgehead atoms. The Hall–Kier alpha value is -2.54. The van der Waals surface area contributed by atoms with E-state index in [1.54, 1.807) is 19.1 Å². The molecule has 0 unspecified atom stereocenters. The van der Waals surface area contributed by atoms with Gasteiger partial charge in [0.2, 0.25) is 5.82 Å². The fourth-order valence-corrected chi connectivity index (χ4v) is 1.56. The summed E-state index contributed by atoms with van der Waals surface area (Å²) < 4.78 is 18.8. The van der Waals surface area contributed by atoms with Crippen molar-refractivity contribution in [3.63, 3.8) is 0 Å². The molecule has 0 spiro atoms. The minimum absolute atomic E-state index is 0.156. The van der Waals surface area contributed by atoms with Gasteiger partial charge in [0.15, 0.2) is 0 Å². The van der Waals surface area contributed by atoms with Crippen LogP contribution in [0.3, 0.4) is 0 Å². The Morgan fingerprint density at radius 1 is 1.35 bits per heavy atom. The molecule has 0 radical (unpaired) electrons. The van der Waals surface area contributed by atoms with Crippen molar-refractivity contribution in [2.45, 2.75) is 13.0 Å². The highest BCUT2D eigenvalue weighted by molar-refractivity contribution is 5.39. The van der Waals surface area contributed by atoms with Gasteiger partial charge in [-0.3, -0.25) is 15.1 Å². The van der Waals surface area contributed by atoms with Crippen LogP contribution in [0.4, 0.5) is 10.1 Å². The minimum atomic E-state index is -0.951. The molecule has 1 heterocycles. The highest BCUT2D eigenvalue weighted by atomic mass is 19.1. The summed E-state index contributed by atoms with van der Waals surface area (Å²) in [6, 6.07) is 6.47. The number of pyridine rings is 1. The Morgan fingerprint density at radius 2 is 2.05 bits per heavy atom. The highest BCUT2D eigenvalue weighted by Crippen LogP contribution is 2.26. The van der Waals surface area contributed by atoms with E-state index in [1.165, 1.54) is 12.3 Å². The van der Waals surface area contributed by atoms with E-state index in [9.17, 15) is 14.5 Å². The van der Waals surface area contributed by atoms with Crippen molar-refractivity contribution >= 4 is 5.69 Å². The number of nitrogens with two attached hydrogens (primary N) is 1. The maximum Gasteiger partial charge on any atom is 0.305 e. The molecule has 1 aromatic heterocycles. The SMILES string of the molecule is C[C@H](N)c1ccc(Oc2ccc([N+](=O)[O-])c(F)c2)cn1. The molecule has 0 aliphatic carbocycles. The largest absolute Gasteiger partial charge is 0.456 e. The predicted octanol–water partition coefficient (Wildman–Crippen LogP) is 2.94. The van der Waals surface area contributed by atoms with Gasteiger partial charge < -0.3 is 10.5 Å². The number of ether oxygens (including phenoxy) is 1. The lowest BCUT2D eigenvalue weighted by molar-refractivity contribution is -0.387. The lowest BCUT2D eigenvalue weighted by Crippen LogP contribution is -2.06. The average molecular weight is 277 g/mol. The van der Waals surface area contributed by atoms with Crippen LogP contribution in [-0.4, -0.2) is 9.91 Å². The van der Waals surface area contributed by atoms with Crippen molar-refractivity contribution in [1.82, 2.24) is 4.98 Å². The Bertz CT molecular complexity index is 629. The summed E-state index contributed by atoms with van der Waals surface area (Å²) in [6.07, 6.45) is 1.46. The minimum Gasteiger partial charge on any atom is -0.456 e. The van der Waals surface area contributed by atoms with Crippen molar-refractivity contribution < 1.29 is 14.1 Å². The van der Waals surface area contributed by atoms with Gasteiger partial charge in [-0.1, -0.05) is 0 Å². The topological polar surface area (TPSA) is 91.3 Å². The second-order valence-electron chi connectivity index (χ2n) is 4.18. The van der Waals surface area contributed by atoms with Crippen molar-refractivity contribution in [2.24, 2.45) is 5.73 Å². The van der Waals surface area contributed by atoms with Crippen molar-refractivity contribution in [1.29, 1.82) is 0 Å². The monoisotopic (exact) mass is 277 g/mol. The molecule has 0 saturated carbocycles. The summed E-state index contributed by atoms with van der Waals surface area (Å²) in [6.45, 7) is 1.80. The maximum absolute atomic E-state index is 13.4. The van der Waals surface area contributed by atoms with E-state index in [4.69, 9.17) is 10.5 Å². The van der Waals surface area contributed by atoms with Crippen molar-refractivity contribution in [3.05, 3.63) is 58.2 Å². The third-order valence-electron chi connectivity index (χ3n) is 2.58. The molecule has 7 heteroatoms. The predicted molar refractivity (Wildman–Crippen MR) is 70.0 cm³/mol. The number of nitrogens with zero attached hydrogens (tertiary/aromatic N) is 2. The number of halogens is 1. The van der Waals surface area contributed by atoms with Crippen LogP contribution < -0.4 is 10.5 Å². The molecule has 0 aliphatic rings. The van der Waals surface area contributed by atoms with Crippen LogP contribution >= 0.6 is 0 Å². The second kappa shape index (κ2) is 5.62. The van der Waals surface area contributed by atoms with Crippen molar-refractivity contribution in [2.75, 3.05) is 0 Å². The van der Waals surface area contributed by atoms with E-state index in [1.807, 2.05) is 0 Å². The molecule has 1 aromatic carbocycles.